The molecule has 0 aliphatic heterocycles. The van der Waals surface area contributed by atoms with Gasteiger partial charge < -0.3 is 5.32 Å². The van der Waals surface area contributed by atoms with Crippen LogP contribution in [0.3, 0.4) is 0 Å². The highest BCUT2D eigenvalue weighted by atomic mass is 14.9. The maximum Gasteiger partial charge on any atom is 0.0227 e. The highest BCUT2D eigenvalue weighted by Gasteiger charge is 2.11. The first kappa shape index (κ1) is 12.5. The summed E-state index contributed by atoms with van der Waals surface area (Å²) >= 11 is 0. The molecular formula is C12H25N. The van der Waals surface area contributed by atoms with Crippen LogP contribution in [0.25, 0.3) is 0 Å². The molecule has 13 heavy (non-hydrogen) atoms. The number of hydrogen-bond acceptors (Lipinski definition) is 1. The number of hydrogen-bond donors (Lipinski definition) is 1. The molecule has 0 radical (unpaired) electrons. The quantitative estimate of drug-likeness (QED) is 0.636. The van der Waals surface area contributed by atoms with E-state index in [1.165, 1.54) is 19.3 Å². The van der Waals surface area contributed by atoms with E-state index in [2.05, 4.69) is 39.6 Å². The second-order valence-corrected chi connectivity index (χ2v) is 4.26. The molecule has 0 fully saturated rings. The van der Waals surface area contributed by atoms with Gasteiger partial charge in [-0.1, -0.05) is 33.8 Å². The molecule has 0 aromatic rings. The lowest BCUT2D eigenvalue weighted by molar-refractivity contribution is 0.327. The topological polar surface area (TPSA) is 12.0 Å². The molecule has 2 atom stereocenters. The molecule has 1 nitrogen and oxygen atoms in total. The summed E-state index contributed by atoms with van der Waals surface area (Å²) in [6.45, 7) is 12.8. The summed E-state index contributed by atoms with van der Waals surface area (Å²) in [5.74, 6) is 1.70. The molecule has 78 valence electrons. The Morgan fingerprint density at radius 1 is 1.23 bits per heavy atom. The summed E-state index contributed by atoms with van der Waals surface area (Å²) in [6.07, 6.45) is 5.68. The van der Waals surface area contributed by atoms with Crippen molar-refractivity contribution in [3.8, 4) is 0 Å². The highest BCUT2D eigenvalue weighted by molar-refractivity contribution is 4.72. The van der Waals surface area contributed by atoms with Gasteiger partial charge in [0.1, 0.15) is 0 Å². The summed E-state index contributed by atoms with van der Waals surface area (Å²) in [5.41, 5.74) is 0. The Kier molecular flexibility index (Phi) is 6.75. The minimum absolute atomic E-state index is 0.574. The molecular weight excluding hydrogens is 158 g/mol. The van der Waals surface area contributed by atoms with Crippen molar-refractivity contribution >= 4 is 0 Å². The third kappa shape index (κ3) is 5.73. The van der Waals surface area contributed by atoms with E-state index in [0.717, 1.165) is 11.8 Å². The van der Waals surface area contributed by atoms with Crippen molar-refractivity contribution in [2.75, 3.05) is 0 Å². The Balaban J connectivity index is 3.64. The van der Waals surface area contributed by atoms with Gasteiger partial charge in [0.25, 0.3) is 0 Å². The predicted octanol–water partition coefficient (Wildman–Crippen LogP) is 3.57. The lowest BCUT2D eigenvalue weighted by atomic mass is 9.88. The van der Waals surface area contributed by atoms with E-state index in [0.29, 0.717) is 6.04 Å². The summed E-state index contributed by atoms with van der Waals surface area (Å²) < 4.78 is 0. The zero-order valence-corrected chi connectivity index (χ0v) is 9.64. The molecule has 0 aliphatic rings. The first-order chi connectivity index (χ1) is 6.11. The van der Waals surface area contributed by atoms with Crippen LogP contribution in [0, 0.1) is 11.8 Å². The standard InChI is InChI=1S/C12H25N/c1-6-12(10(3)4)9-8-11(5)13-7-2/h7,10-13H,2,6,8-9H2,1,3-5H3. The smallest absolute Gasteiger partial charge is 0.0227 e. The molecule has 0 heterocycles. The van der Waals surface area contributed by atoms with Crippen molar-refractivity contribution in [1.29, 1.82) is 0 Å². The van der Waals surface area contributed by atoms with Gasteiger partial charge >= 0.3 is 0 Å². The Morgan fingerprint density at radius 3 is 2.23 bits per heavy atom. The fraction of sp³-hybridized carbons (Fsp3) is 0.833. The summed E-state index contributed by atoms with van der Waals surface area (Å²) in [4.78, 5) is 0. The van der Waals surface area contributed by atoms with Gasteiger partial charge in [-0.25, -0.2) is 0 Å². The van der Waals surface area contributed by atoms with Gasteiger partial charge in [0.05, 0.1) is 0 Å². The van der Waals surface area contributed by atoms with Crippen molar-refractivity contribution in [3.05, 3.63) is 12.8 Å². The highest BCUT2D eigenvalue weighted by Crippen LogP contribution is 2.21. The lowest BCUT2D eigenvalue weighted by Gasteiger charge is -2.21. The van der Waals surface area contributed by atoms with Crippen LogP contribution < -0.4 is 5.32 Å². The van der Waals surface area contributed by atoms with Gasteiger partial charge in [-0.05, 0) is 37.8 Å². The third-order valence-electron chi connectivity index (χ3n) is 2.84. The minimum atomic E-state index is 0.574. The van der Waals surface area contributed by atoms with E-state index in [1.54, 1.807) is 6.20 Å². The monoisotopic (exact) mass is 183 g/mol. The summed E-state index contributed by atoms with van der Waals surface area (Å²) in [6, 6.07) is 0.574. The average Bonchev–Trinajstić information content (AvgIpc) is 2.05. The molecule has 0 saturated carbocycles. The zero-order chi connectivity index (χ0) is 10.3. The van der Waals surface area contributed by atoms with Crippen molar-refractivity contribution in [1.82, 2.24) is 5.32 Å². The largest absolute Gasteiger partial charge is 0.389 e. The van der Waals surface area contributed by atoms with Gasteiger partial charge in [-0.15, -0.1) is 0 Å². The molecule has 0 bridgehead atoms. The molecule has 0 spiro atoms. The average molecular weight is 183 g/mol. The molecule has 0 saturated heterocycles. The summed E-state index contributed by atoms with van der Waals surface area (Å²) in [7, 11) is 0. The molecule has 1 heteroatoms. The maximum atomic E-state index is 3.67. The molecule has 0 amide bonds. The molecule has 0 aromatic carbocycles. The van der Waals surface area contributed by atoms with Crippen molar-refractivity contribution < 1.29 is 0 Å². The van der Waals surface area contributed by atoms with Gasteiger partial charge in [0, 0.05) is 6.04 Å². The van der Waals surface area contributed by atoms with Crippen LogP contribution in [0.1, 0.15) is 47.0 Å². The second kappa shape index (κ2) is 6.99. The van der Waals surface area contributed by atoms with E-state index >= 15 is 0 Å². The van der Waals surface area contributed by atoms with Gasteiger partial charge in [-0.2, -0.15) is 0 Å². The Morgan fingerprint density at radius 2 is 1.85 bits per heavy atom. The molecule has 0 aromatic heterocycles. The Labute approximate surface area is 83.6 Å². The molecule has 2 unspecified atom stereocenters. The van der Waals surface area contributed by atoms with E-state index in [1.807, 2.05) is 0 Å². The fourth-order valence-electron chi connectivity index (χ4n) is 1.76. The molecule has 0 rings (SSSR count). The minimum Gasteiger partial charge on any atom is -0.389 e. The maximum absolute atomic E-state index is 3.67. The Hall–Kier alpha value is -0.460. The van der Waals surface area contributed by atoms with Crippen LogP contribution in [-0.2, 0) is 0 Å². The van der Waals surface area contributed by atoms with E-state index in [9.17, 15) is 0 Å². The predicted molar refractivity (Wildman–Crippen MR) is 60.6 cm³/mol. The van der Waals surface area contributed by atoms with Crippen LogP contribution in [-0.4, -0.2) is 6.04 Å². The Bertz CT molecular complexity index is 129. The summed E-state index contributed by atoms with van der Waals surface area (Å²) in [5, 5.41) is 3.23. The van der Waals surface area contributed by atoms with Crippen LogP contribution in [0.4, 0.5) is 0 Å². The molecule has 1 N–H and O–H groups in total. The van der Waals surface area contributed by atoms with E-state index in [4.69, 9.17) is 0 Å². The van der Waals surface area contributed by atoms with E-state index < -0.39 is 0 Å². The molecule has 0 aliphatic carbocycles. The van der Waals surface area contributed by atoms with E-state index in [-0.39, 0.29) is 0 Å². The van der Waals surface area contributed by atoms with Crippen molar-refractivity contribution in [2.45, 2.75) is 53.0 Å². The second-order valence-electron chi connectivity index (χ2n) is 4.26. The van der Waals surface area contributed by atoms with Gasteiger partial charge in [0.15, 0.2) is 0 Å². The zero-order valence-electron chi connectivity index (χ0n) is 9.64. The van der Waals surface area contributed by atoms with Crippen molar-refractivity contribution in [3.63, 3.8) is 0 Å². The van der Waals surface area contributed by atoms with Crippen LogP contribution >= 0.6 is 0 Å². The third-order valence-corrected chi connectivity index (χ3v) is 2.84. The van der Waals surface area contributed by atoms with Crippen LogP contribution in [0.5, 0.6) is 0 Å². The fourth-order valence-corrected chi connectivity index (χ4v) is 1.76. The first-order valence-corrected chi connectivity index (χ1v) is 5.48. The van der Waals surface area contributed by atoms with Gasteiger partial charge in [0.2, 0.25) is 0 Å². The number of nitrogens with one attached hydrogen (secondary N) is 1. The first-order valence-electron chi connectivity index (χ1n) is 5.48. The van der Waals surface area contributed by atoms with Crippen LogP contribution in [0.15, 0.2) is 12.8 Å². The van der Waals surface area contributed by atoms with Crippen LogP contribution in [0.2, 0.25) is 0 Å². The normalized spacial score (nSPS) is 15.5. The lowest BCUT2D eigenvalue weighted by Crippen LogP contribution is -2.21. The van der Waals surface area contributed by atoms with Crippen molar-refractivity contribution in [2.24, 2.45) is 11.8 Å². The van der Waals surface area contributed by atoms with Gasteiger partial charge in [-0.3, -0.25) is 0 Å². The SMILES string of the molecule is C=CNC(C)CCC(CC)C(C)C. The number of rotatable bonds is 7.